The van der Waals surface area contributed by atoms with Gasteiger partial charge in [-0.25, -0.2) is 0 Å². The summed E-state index contributed by atoms with van der Waals surface area (Å²) in [6.45, 7) is 14.2. The summed E-state index contributed by atoms with van der Waals surface area (Å²) in [6, 6.07) is 4.83. The first kappa shape index (κ1) is 18.3. The van der Waals surface area contributed by atoms with Crippen LogP contribution in [-0.2, 0) is 6.42 Å². The molecule has 0 spiro atoms. The number of nitrogens with one attached hydrogen (secondary N) is 2. The van der Waals surface area contributed by atoms with E-state index >= 15 is 0 Å². The molecule has 2 heterocycles. The largest absolute Gasteiger partial charge is 0.357 e. The van der Waals surface area contributed by atoms with Crippen LogP contribution < -0.4 is 10.6 Å². The number of guanidine groups is 1. The van der Waals surface area contributed by atoms with Gasteiger partial charge in [0.1, 0.15) is 0 Å². The Morgan fingerprint density at radius 3 is 2.87 bits per heavy atom. The van der Waals surface area contributed by atoms with Crippen molar-refractivity contribution >= 4 is 17.3 Å². The van der Waals surface area contributed by atoms with Gasteiger partial charge in [-0.15, -0.1) is 11.3 Å². The number of hydrogen-bond donors (Lipinski definition) is 2. The van der Waals surface area contributed by atoms with E-state index in [2.05, 4.69) is 55.4 Å². The van der Waals surface area contributed by atoms with Crippen LogP contribution in [0.25, 0.3) is 0 Å². The molecular formula is C18H32N4S. The smallest absolute Gasteiger partial charge is 0.191 e. The molecule has 0 amide bonds. The second kappa shape index (κ2) is 9.28. The van der Waals surface area contributed by atoms with Gasteiger partial charge in [-0.1, -0.05) is 6.92 Å². The maximum absolute atomic E-state index is 4.82. The second-order valence-electron chi connectivity index (χ2n) is 6.53. The number of hydrogen-bond acceptors (Lipinski definition) is 3. The third kappa shape index (κ3) is 6.15. The van der Waals surface area contributed by atoms with Crippen LogP contribution in [0.4, 0.5) is 0 Å². The van der Waals surface area contributed by atoms with Crippen molar-refractivity contribution in [2.24, 2.45) is 10.9 Å². The highest BCUT2D eigenvalue weighted by Crippen LogP contribution is 2.17. The molecule has 0 saturated carbocycles. The molecule has 1 saturated heterocycles. The fourth-order valence-electron chi connectivity index (χ4n) is 3.07. The summed E-state index contributed by atoms with van der Waals surface area (Å²) in [5.41, 5.74) is 0. The number of thiophene rings is 1. The summed E-state index contributed by atoms with van der Waals surface area (Å²) in [6.07, 6.45) is 2.33. The zero-order valence-corrected chi connectivity index (χ0v) is 15.9. The minimum absolute atomic E-state index is 0.390. The van der Waals surface area contributed by atoms with Gasteiger partial charge in [-0.05, 0) is 58.3 Å². The fraction of sp³-hybridized carbons (Fsp3) is 0.722. The highest BCUT2D eigenvalue weighted by Gasteiger charge is 2.20. The lowest BCUT2D eigenvalue weighted by Gasteiger charge is -2.18. The summed E-state index contributed by atoms with van der Waals surface area (Å²) >= 11 is 1.89. The van der Waals surface area contributed by atoms with Crippen LogP contribution in [0.15, 0.2) is 17.1 Å². The van der Waals surface area contributed by atoms with Crippen LogP contribution in [0.5, 0.6) is 0 Å². The second-order valence-corrected chi connectivity index (χ2v) is 7.90. The molecule has 2 rings (SSSR count). The van der Waals surface area contributed by atoms with E-state index in [4.69, 9.17) is 4.99 Å². The Kier molecular flexibility index (Phi) is 7.37. The number of nitrogens with zero attached hydrogens (tertiary/aromatic N) is 2. The zero-order chi connectivity index (χ0) is 16.7. The van der Waals surface area contributed by atoms with Crippen molar-refractivity contribution in [2.45, 2.75) is 46.6 Å². The molecule has 1 aliphatic heterocycles. The lowest BCUT2D eigenvalue weighted by Crippen LogP contribution is -2.43. The summed E-state index contributed by atoms with van der Waals surface area (Å²) in [5.74, 6) is 1.67. The molecule has 0 aliphatic carbocycles. The normalized spacial score (nSPS) is 20.7. The van der Waals surface area contributed by atoms with Gasteiger partial charge >= 0.3 is 0 Å². The van der Waals surface area contributed by atoms with Gasteiger partial charge in [0.2, 0.25) is 0 Å². The number of rotatable bonds is 7. The lowest BCUT2D eigenvalue weighted by atomic mass is 10.1. The van der Waals surface area contributed by atoms with Crippen LogP contribution >= 0.6 is 11.3 Å². The molecule has 1 aromatic rings. The van der Waals surface area contributed by atoms with E-state index in [-0.39, 0.29) is 0 Å². The average molecular weight is 337 g/mol. The molecule has 2 N–H and O–H groups in total. The van der Waals surface area contributed by atoms with E-state index in [1.165, 1.54) is 29.3 Å². The molecule has 1 aromatic heterocycles. The van der Waals surface area contributed by atoms with Crippen LogP contribution in [-0.4, -0.2) is 49.6 Å². The van der Waals surface area contributed by atoms with Gasteiger partial charge < -0.3 is 15.5 Å². The molecular weight excluding hydrogens is 304 g/mol. The van der Waals surface area contributed by atoms with E-state index in [1.54, 1.807) is 0 Å². The van der Waals surface area contributed by atoms with E-state index in [0.29, 0.717) is 12.0 Å². The number of aliphatic imine (C=N–C) groups is 1. The van der Waals surface area contributed by atoms with E-state index in [9.17, 15) is 0 Å². The predicted molar refractivity (Wildman–Crippen MR) is 102 cm³/mol. The summed E-state index contributed by atoms with van der Waals surface area (Å²) in [5, 5.41) is 6.94. The molecule has 1 fully saturated rings. The van der Waals surface area contributed by atoms with Gasteiger partial charge in [-0.3, -0.25) is 4.99 Å². The Morgan fingerprint density at radius 2 is 2.26 bits per heavy atom. The molecule has 23 heavy (non-hydrogen) atoms. The monoisotopic (exact) mass is 336 g/mol. The predicted octanol–water partition coefficient (Wildman–Crippen LogP) is 2.88. The van der Waals surface area contributed by atoms with Crippen molar-refractivity contribution in [3.63, 3.8) is 0 Å². The zero-order valence-electron chi connectivity index (χ0n) is 15.1. The van der Waals surface area contributed by atoms with Crippen molar-refractivity contribution < 1.29 is 0 Å². The Morgan fingerprint density at radius 1 is 1.43 bits per heavy atom. The fourth-order valence-corrected chi connectivity index (χ4v) is 4.09. The molecule has 2 atom stereocenters. The van der Waals surface area contributed by atoms with Gasteiger partial charge in [0, 0.05) is 41.9 Å². The van der Waals surface area contributed by atoms with Crippen LogP contribution in [0.3, 0.4) is 0 Å². The van der Waals surface area contributed by atoms with Crippen molar-refractivity contribution in [1.82, 2.24) is 15.5 Å². The standard InChI is InChI=1S/C18H32N4S/c1-5-19-18(20-12-16-9-10-22(6-2)13-16)21-14(3)11-17-8-7-15(4)23-17/h7-8,14,16H,5-6,9-13H2,1-4H3,(H2,19,20,21). The molecule has 0 radical (unpaired) electrons. The van der Waals surface area contributed by atoms with Crippen molar-refractivity contribution in [1.29, 1.82) is 0 Å². The Hall–Kier alpha value is -1.07. The summed E-state index contributed by atoms with van der Waals surface area (Å²) < 4.78 is 0. The van der Waals surface area contributed by atoms with Gasteiger partial charge in [0.15, 0.2) is 5.96 Å². The van der Waals surface area contributed by atoms with Gasteiger partial charge in [0.25, 0.3) is 0 Å². The third-order valence-electron chi connectivity index (χ3n) is 4.36. The quantitative estimate of drug-likeness (QED) is 0.594. The maximum Gasteiger partial charge on any atom is 0.191 e. The SMILES string of the molecule is CCNC(=NCC1CCN(CC)C1)NC(C)Cc1ccc(C)s1. The van der Waals surface area contributed by atoms with E-state index in [1.807, 2.05) is 11.3 Å². The highest BCUT2D eigenvalue weighted by atomic mass is 32.1. The minimum Gasteiger partial charge on any atom is -0.357 e. The first-order valence-corrected chi connectivity index (χ1v) is 9.74. The first-order chi connectivity index (χ1) is 11.1. The molecule has 0 bridgehead atoms. The van der Waals surface area contributed by atoms with Gasteiger partial charge in [0.05, 0.1) is 0 Å². The maximum atomic E-state index is 4.82. The van der Waals surface area contributed by atoms with Crippen molar-refractivity contribution in [3.05, 3.63) is 21.9 Å². The Labute approximate surface area is 145 Å². The highest BCUT2D eigenvalue weighted by molar-refractivity contribution is 7.11. The molecule has 5 heteroatoms. The third-order valence-corrected chi connectivity index (χ3v) is 5.38. The first-order valence-electron chi connectivity index (χ1n) is 8.93. The molecule has 0 aromatic carbocycles. The lowest BCUT2D eigenvalue weighted by molar-refractivity contribution is 0.343. The van der Waals surface area contributed by atoms with Crippen molar-refractivity contribution in [3.8, 4) is 0 Å². The van der Waals surface area contributed by atoms with Crippen LogP contribution in [0.2, 0.25) is 0 Å². The Balaban J connectivity index is 1.83. The number of aryl methyl sites for hydroxylation is 1. The topological polar surface area (TPSA) is 39.7 Å². The molecule has 1 aliphatic rings. The average Bonchev–Trinajstić information content (AvgIpc) is 3.14. The van der Waals surface area contributed by atoms with E-state index < -0.39 is 0 Å². The van der Waals surface area contributed by atoms with Crippen LogP contribution in [0.1, 0.15) is 36.9 Å². The van der Waals surface area contributed by atoms with E-state index in [0.717, 1.165) is 32.0 Å². The van der Waals surface area contributed by atoms with Crippen molar-refractivity contribution in [2.75, 3.05) is 32.7 Å². The number of likely N-dealkylation sites (tertiary alicyclic amines) is 1. The Bertz CT molecular complexity index is 497. The summed E-state index contributed by atoms with van der Waals surface area (Å²) in [7, 11) is 0. The molecule has 4 nitrogen and oxygen atoms in total. The van der Waals surface area contributed by atoms with Crippen LogP contribution in [0, 0.1) is 12.8 Å². The molecule has 130 valence electrons. The summed E-state index contributed by atoms with van der Waals surface area (Å²) in [4.78, 5) is 10.2. The van der Waals surface area contributed by atoms with Gasteiger partial charge in [-0.2, -0.15) is 0 Å². The molecule has 2 unspecified atom stereocenters. The minimum atomic E-state index is 0.390.